The third-order valence-corrected chi connectivity index (χ3v) is 5.15. The molecule has 0 aliphatic carbocycles. The van der Waals surface area contributed by atoms with E-state index in [2.05, 4.69) is 5.10 Å². The maximum absolute atomic E-state index is 12.1. The van der Waals surface area contributed by atoms with Gasteiger partial charge in [0.15, 0.2) is 0 Å². The Morgan fingerprint density at radius 2 is 1.79 bits per heavy atom. The third-order valence-electron chi connectivity index (χ3n) is 2.78. The first kappa shape index (κ1) is 18.5. The van der Waals surface area contributed by atoms with E-state index < -0.39 is 14.9 Å². The van der Waals surface area contributed by atoms with Crippen LogP contribution in [0.4, 0.5) is 5.69 Å². The van der Waals surface area contributed by atoms with Crippen LogP contribution in [0.5, 0.6) is 0 Å². The third kappa shape index (κ3) is 4.15. The van der Waals surface area contributed by atoms with E-state index in [1.807, 2.05) is 4.83 Å². The molecule has 7 nitrogen and oxygen atoms in total. The Morgan fingerprint density at radius 1 is 1.12 bits per heavy atom. The molecule has 1 N–H and O–H groups in total. The van der Waals surface area contributed by atoms with Gasteiger partial charge in [-0.25, -0.2) is 4.83 Å². The van der Waals surface area contributed by atoms with Crippen molar-refractivity contribution in [3.8, 4) is 0 Å². The maximum atomic E-state index is 12.1. The van der Waals surface area contributed by atoms with E-state index >= 15 is 0 Å². The van der Waals surface area contributed by atoms with E-state index in [1.165, 1.54) is 30.3 Å². The van der Waals surface area contributed by atoms with Gasteiger partial charge in [0.25, 0.3) is 15.7 Å². The van der Waals surface area contributed by atoms with Crippen molar-refractivity contribution in [2.24, 2.45) is 5.10 Å². The predicted octanol–water partition coefficient (Wildman–Crippen LogP) is 3.87. The smallest absolute Gasteiger partial charge is 0.258 e. The summed E-state index contributed by atoms with van der Waals surface area (Å²) >= 11 is 17.7. The molecule has 0 saturated carbocycles. The molecule has 0 heterocycles. The molecule has 126 valence electrons. The van der Waals surface area contributed by atoms with E-state index in [0.717, 1.165) is 12.3 Å². The molecule has 0 unspecified atom stereocenters. The van der Waals surface area contributed by atoms with E-state index in [9.17, 15) is 18.5 Å². The fourth-order valence-corrected chi connectivity index (χ4v) is 3.10. The fraction of sp³-hybridized carbons (Fsp3) is 0. The zero-order chi connectivity index (χ0) is 17.9. The molecule has 2 aromatic carbocycles. The van der Waals surface area contributed by atoms with Gasteiger partial charge in [-0.3, -0.25) is 10.1 Å². The van der Waals surface area contributed by atoms with Gasteiger partial charge in [-0.15, -0.1) is 0 Å². The number of hydrogen-bond acceptors (Lipinski definition) is 5. The Bertz CT molecular complexity index is 932. The normalized spacial score (nSPS) is 11.6. The van der Waals surface area contributed by atoms with Crippen molar-refractivity contribution in [3.63, 3.8) is 0 Å². The lowest BCUT2D eigenvalue weighted by atomic mass is 10.2. The van der Waals surface area contributed by atoms with E-state index in [4.69, 9.17) is 34.8 Å². The number of nitrogens with one attached hydrogen (secondary N) is 1. The Balaban J connectivity index is 2.27. The molecule has 0 aliphatic heterocycles. The SMILES string of the molecule is O=[N+]([O-])c1cccc(S(=O)(=O)N/N=C/c2c(Cl)ccc(Cl)c2Cl)c1. The molecular weight excluding hydrogens is 401 g/mol. The number of hydrazone groups is 1. The zero-order valence-corrected chi connectivity index (χ0v) is 14.7. The van der Waals surface area contributed by atoms with Crippen LogP contribution in [0.25, 0.3) is 0 Å². The topological polar surface area (TPSA) is 102 Å². The van der Waals surface area contributed by atoms with Crippen LogP contribution in [0, 0.1) is 10.1 Å². The lowest BCUT2D eigenvalue weighted by molar-refractivity contribution is -0.385. The number of benzene rings is 2. The van der Waals surface area contributed by atoms with Gasteiger partial charge in [-0.1, -0.05) is 40.9 Å². The number of rotatable bonds is 5. The van der Waals surface area contributed by atoms with Gasteiger partial charge < -0.3 is 0 Å². The first-order valence-electron chi connectivity index (χ1n) is 6.15. The van der Waals surface area contributed by atoms with Crippen LogP contribution in [-0.2, 0) is 10.0 Å². The van der Waals surface area contributed by atoms with Crippen molar-refractivity contribution >= 4 is 56.7 Å². The number of hydrogen-bond donors (Lipinski definition) is 1. The molecule has 0 atom stereocenters. The van der Waals surface area contributed by atoms with Gasteiger partial charge in [-0.2, -0.15) is 13.5 Å². The van der Waals surface area contributed by atoms with Gasteiger partial charge in [-0.05, 0) is 18.2 Å². The Hall–Kier alpha value is -1.87. The minimum Gasteiger partial charge on any atom is -0.258 e. The second-order valence-electron chi connectivity index (χ2n) is 4.36. The summed E-state index contributed by atoms with van der Waals surface area (Å²) in [5.41, 5.74) is -0.129. The molecule has 0 fully saturated rings. The Labute approximate surface area is 152 Å². The van der Waals surface area contributed by atoms with Crippen LogP contribution >= 0.6 is 34.8 Å². The highest BCUT2D eigenvalue weighted by Crippen LogP contribution is 2.30. The summed E-state index contributed by atoms with van der Waals surface area (Å²) in [5, 5.41) is 14.8. The number of nitrogens with zero attached hydrogens (tertiary/aromatic N) is 2. The minimum atomic E-state index is -4.09. The number of nitro benzene ring substituents is 1. The lowest BCUT2D eigenvalue weighted by Gasteiger charge is -2.05. The lowest BCUT2D eigenvalue weighted by Crippen LogP contribution is -2.18. The monoisotopic (exact) mass is 407 g/mol. The number of non-ortho nitro benzene ring substituents is 1. The van der Waals surface area contributed by atoms with Crippen LogP contribution < -0.4 is 4.83 Å². The summed E-state index contributed by atoms with van der Waals surface area (Å²) < 4.78 is 24.2. The van der Waals surface area contributed by atoms with Crippen molar-refractivity contribution < 1.29 is 13.3 Å². The first-order valence-corrected chi connectivity index (χ1v) is 8.77. The van der Waals surface area contributed by atoms with Crippen molar-refractivity contribution in [3.05, 3.63) is 67.1 Å². The van der Waals surface area contributed by atoms with Crippen molar-refractivity contribution in [2.45, 2.75) is 4.90 Å². The average Bonchev–Trinajstić information content (AvgIpc) is 2.54. The Kier molecular flexibility index (Phi) is 5.66. The summed E-state index contributed by atoms with van der Waals surface area (Å²) in [6.45, 7) is 0. The summed E-state index contributed by atoms with van der Waals surface area (Å²) in [6, 6.07) is 7.50. The van der Waals surface area contributed by atoms with Crippen LogP contribution in [0.15, 0.2) is 46.4 Å². The summed E-state index contributed by atoms with van der Waals surface area (Å²) in [5.74, 6) is 0. The molecule has 24 heavy (non-hydrogen) atoms. The van der Waals surface area contributed by atoms with Crippen LogP contribution in [-0.4, -0.2) is 19.6 Å². The van der Waals surface area contributed by atoms with Crippen molar-refractivity contribution in [2.75, 3.05) is 0 Å². The molecule has 11 heteroatoms. The first-order chi connectivity index (χ1) is 11.2. The molecule has 0 amide bonds. The molecule has 0 saturated heterocycles. The highest BCUT2D eigenvalue weighted by Gasteiger charge is 2.17. The predicted molar refractivity (Wildman–Crippen MR) is 92.5 cm³/mol. The van der Waals surface area contributed by atoms with E-state index in [0.29, 0.717) is 0 Å². The number of nitro groups is 1. The van der Waals surface area contributed by atoms with Crippen molar-refractivity contribution in [1.29, 1.82) is 0 Å². The molecular formula is C13H8Cl3N3O4S. The zero-order valence-electron chi connectivity index (χ0n) is 11.6. The van der Waals surface area contributed by atoms with Gasteiger partial charge in [0.2, 0.25) is 0 Å². The van der Waals surface area contributed by atoms with E-state index in [1.54, 1.807) is 0 Å². The van der Waals surface area contributed by atoms with Crippen LogP contribution in [0.1, 0.15) is 5.56 Å². The molecule has 0 radical (unpaired) electrons. The number of halogens is 3. The molecule has 2 rings (SSSR count). The maximum Gasteiger partial charge on any atom is 0.276 e. The molecule has 0 aliphatic rings. The van der Waals surface area contributed by atoms with Gasteiger partial charge in [0, 0.05) is 17.7 Å². The quantitative estimate of drug-likeness (QED) is 0.351. The number of sulfonamides is 1. The molecule has 2 aromatic rings. The highest BCUT2D eigenvalue weighted by atomic mass is 35.5. The molecule has 0 aromatic heterocycles. The van der Waals surface area contributed by atoms with Crippen molar-refractivity contribution in [1.82, 2.24) is 4.83 Å². The van der Waals surface area contributed by atoms with Crippen LogP contribution in [0.2, 0.25) is 15.1 Å². The Morgan fingerprint density at radius 3 is 2.46 bits per heavy atom. The average molecular weight is 409 g/mol. The molecule has 0 spiro atoms. The summed E-state index contributed by atoms with van der Waals surface area (Å²) in [7, 11) is -4.09. The second-order valence-corrected chi connectivity index (χ2v) is 7.22. The molecule has 0 bridgehead atoms. The minimum absolute atomic E-state index is 0.113. The second kappa shape index (κ2) is 7.35. The van der Waals surface area contributed by atoms with Gasteiger partial charge in [0.05, 0.1) is 31.1 Å². The summed E-state index contributed by atoms with van der Waals surface area (Å²) in [6.07, 6.45) is 1.09. The standard InChI is InChI=1S/C13H8Cl3N3O4S/c14-11-4-5-12(15)13(16)10(11)7-17-18-24(22,23)9-3-1-2-8(6-9)19(20)21/h1-7,18H/b17-7+. The summed E-state index contributed by atoms with van der Waals surface area (Å²) in [4.78, 5) is 11.6. The van der Waals surface area contributed by atoms with E-state index in [-0.39, 0.29) is 31.2 Å². The van der Waals surface area contributed by atoms with Crippen LogP contribution in [0.3, 0.4) is 0 Å². The highest BCUT2D eigenvalue weighted by molar-refractivity contribution is 7.89. The van der Waals surface area contributed by atoms with Gasteiger partial charge in [0.1, 0.15) is 0 Å². The largest absolute Gasteiger partial charge is 0.276 e. The fourth-order valence-electron chi connectivity index (χ4n) is 1.64. The van der Waals surface area contributed by atoms with Gasteiger partial charge >= 0.3 is 0 Å².